The first-order valence-corrected chi connectivity index (χ1v) is 10.0. The Balaban J connectivity index is 1.83. The van der Waals surface area contributed by atoms with Crippen LogP contribution in [0.25, 0.3) is 0 Å². The Morgan fingerprint density at radius 3 is 2.67 bits per heavy atom. The quantitative estimate of drug-likeness (QED) is 0.737. The molecule has 2 nitrogen and oxygen atoms in total. The van der Waals surface area contributed by atoms with Crippen LogP contribution in [-0.2, 0) is 4.74 Å². The van der Waals surface area contributed by atoms with Crippen LogP contribution in [0.4, 0.5) is 0 Å². The fourth-order valence-corrected chi connectivity index (χ4v) is 5.03. The highest BCUT2D eigenvalue weighted by molar-refractivity contribution is 7.99. The average Bonchev–Trinajstić information content (AvgIpc) is 2.44. The van der Waals surface area contributed by atoms with Crippen molar-refractivity contribution >= 4 is 11.8 Å². The molecule has 0 aliphatic carbocycles. The molecular formula is C18H35NOS. The predicted octanol–water partition coefficient (Wildman–Crippen LogP) is 4.34. The molecule has 2 heterocycles. The number of nitrogens with one attached hydrogen (secondary N) is 1. The highest BCUT2D eigenvalue weighted by Crippen LogP contribution is 2.46. The van der Waals surface area contributed by atoms with Gasteiger partial charge in [-0.2, -0.15) is 11.8 Å². The molecule has 1 spiro atoms. The van der Waals surface area contributed by atoms with Gasteiger partial charge in [-0.1, -0.05) is 27.7 Å². The molecule has 3 heteroatoms. The lowest BCUT2D eigenvalue weighted by molar-refractivity contribution is -0.121. The van der Waals surface area contributed by atoms with E-state index in [0.717, 1.165) is 31.5 Å². The Kier molecular flexibility index (Phi) is 6.46. The summed E-state index contributed by atoms with van der Waals surface area (Å²) < 4.78 is 6.26. The Hall–Kier alpha value is 0.270. The Labute approximate surface area is 136 Å². The van der Waals surface area contributed by atoms with E-state index in [2.05, 4.69) is 44.8 Å². The van der Waals surface area contributed by atoms with Crippen LogP contribution in [-0.4, -0.2) is 36.8 Å². The molecule has 0 saturated carbocycles. The molecule has 2 aliphatic rings. The Morgan fingerprint density at radius 1 is 1.29 bits per heavy atom. The molecule has 0 amide bonds. The van der Waals surface area contributed by atoms with E-state index >= 15 is 0 Å². The molecule has 1 atom stereocenters. The molecule has 1 unspecified atom stereocenters. The van der Waals surface area contributed by atoms with Gasteiger partial charge in [0.05, 0.1) is 5.60 Å². The van der Waals surface area contributed by atoms with Crippen molar-refractivity contribution < 1.29 is 4.74 Å². The zero-order valence-corrected chi connectivity index (χ0v) is 15.4. The van der Waals surface area contributed by atoms with Gasteiger partial charge in [0.15, 0.2) is 0 Å². The van der Waals surface area contributed by atoms with Gasteiger partial charge in [-0.05, 0) is 74.0 Å². The number of hydrogen-bond donors (Lipinski definition) is 1. The zero-order valence-electron chi connectivity index (χ0n) is 14.5. The van der Waals surface area contributed by atoms with Gasteiger partial charge in [-0.25, -0.2) is 0 Å². The first-order chi connectivity index (χ1) is 9.94. The van der Waals surface area contributed by atoms with Crippen LogP contribution < -0.4 is 5.32 Å². The molecule has 2 fully saturated rings. The lowest BCUT2D eigenvalue weighted by atomic mass is 9.67. The number of rotatable bonds is 6. The van der Waals surface area contributed by atoms with Crippen LogP contribution in [0.1, 0.15) is 59.8 Å². The van der Waals surface area contributed by atoms with E-state index in [9.17, 15) is 0 Å². The van der Waals surface area contributed by atoms with E-state index in [1.54, 1.807) is 0 Å². The lowest BCUT2D eigenvalue weighted by Gasteiger charge is -2.48. The minimum absolute atomic E-state index is 0.233. The maximum absolute atomic E-state index is 6.26. The van der Waals surface area contributed by atoms with Gasteiger partial charge < -0.3 is 10.1 Å². The number of hydrogen-bond acceptors (Lipinski definition) is 3. The second-order valence-corrected chi connectivity index (χ2v) is 9.39. The molecule has 21 heavy (non-hydrogen) atoms. The third kappa shape index (κ3) is 5.14. The van der Waals surface area contributed by atoms with E-state index in [1.807, 2.05) is 0 Å². The Morgan fingerprint density at radius 2 is 2.00 bits per heavy atom. The first kappa shape index (κ1) is 17.6. The number of thioether (sulfide) groups is 1. The van der Waals surface area contributed by atoms with Crippen LogP contribution in [0.2, 0.25) is 0 Å². The largest absolute Gasteiger partial charge is 0.375 e. The van der Waals surface area contributed by atoms with Crippen LogP contribution in [0.5, 0.6) is 0 Å². The van der Waals surface area contributed by atoms with Gasteiger partial charge in [0.25, 0.3) is 0 Å². The minimum atomic E-state index is 0.233. The number of ether oxygens (including phenoxy) is 1. The van der Waals surface area contributed by atoms with Crippen LogP contribution in [0, 0.1) is 17.3 Å². The van der Waals surface area contributed by atoms with Gasteiger partial charge in [-0.15, -0.1) is 0 Å². The van der Waals surface area contributed by atoms with E-state index in [-0.39, 0.29) is 5.60 Å². The van der Waals surface area contributed by atoms with Crippen molar-refractivity contribution in [3.05, 3.63) is 0 Å². The molecule has 0 aromatic heterocycles. The second-order valence-electron chi connectivity index (χ2n) is 8.17. The normalized spacial score (nSPS) is 26.4. The molecule has 1 N–H and O–H groups in total. The molecular weight excluding hydrogens is 278 g/mol. The summed E-state index contributed by atoms with van der Waals surface area (Å²) in [6.07, 6.45) is 6.39. The molecule has 0 bridgehead atoms. The third-order valence-electron chi connectivity index (χ3n) is 5.50. The molecule has 2 aliphatic heterocycles. The maximum atomic E-state index is 6.26. The molecule has 0 aromatic carbocycles. The summed E-state index contributed by atoms with van der Waals surface area (Å²) in [5, 5.41) is 3.62. The monoisotopic (exact) mass is 313 g/mol. The first-order valence-electron chi connectivity index (χ1n) is 8.86. The van der Waals surface area contributed by atoms with Crippen LogP contribution >= 0.6 is 11.8 Å². The fraction of sp³-hybridized carbons (Fsp3) is 1.00. The van der Waals surface area contributed by atoms with Crippen molar-refractivity contribution in [2.24, 2.45) is 17.3 Å². The summed E-state index contributed by atoms with van der Waals surface area (Å²) >= 11 is 2.10. The summed E-state index contributed by atoms with van der Waals surface area (Å²) in [6.45, 7) is 12.8. The molecule has 2 rings (SSSR count). The van der Waals surface area contributed by atoms with Crippen molar-refractivity contribution in [1.82, 2.24) is 5.32 Å². The standard InChI is InChI=1S/C18H35NOS/c1-15(2)14-19-9-6-17(3,4)16-5-10-20-18(13-16)7-11-21-12-8-18/h15-16,19H,5-14H2,1-4H3. The van der Waals surface area contributed by atoms with E-state index in [4.69, 9.17) is 4.74 Å². The van der Waals surface area contributed by atoms with Gasteiger partial charge in [0.2, 0.25) is 0 Å². The van der Waals surface area contributed by atoms with Crippen molar-refractivity contribution in [3.63, 3.8) is 0 Å². The SMILES string of the molecule is CC(C)CNCCC(C)(C)C1CCOC2(CCSCC2)C1. The summed E-state index contributed by atoms with van der Waals surface area (Å²) in [5.74, 6) is 4.17. The van der Waals surface area contributed by atoms with E-state index in [0.29, 0.717) is 5.41 Å². The van der Waals surface area contributed by atoms with Crippen LogP contribution in [0.3, 0.4) is 0 Å². The molecule has 0 radical (unpaired) electrons. The van der Waals surface area contributed by atoms with Crippen molar-refractivity contribution in [2.45, 2.75) is 65.4 Å². The Bertz CT molecular complexity index is 305. The lowest BCUT2D eigenvalue weighted by Crippen LogP contribution is -2.46. The van der Waals surface area contributed by atoms with Gasteiger partial charge in [0.1, 0.15) is 0 Å². The van der Waals surface area contributed by atoms with Gasteiger partial charge in [0, 0.05) is 6.61 Å². The van der Waals surface area contributed by atoms with Gasteiger partial charge in [-0.3, -0.25) is 0 Å². The summed E-state index contributed by atoms with van der Waals surface area (Å²) in [4.78, 5) is 0. The van der Waals surface area contributed by atoms with Gasteiger partial charge >= 0.3 is 0 Å². The summed E-state index contributed by atoms with van der Waals surface area (Å²) in [7, 11) is 0. The molecule has 124 valence electrons. The van der Waals surface area contributed by atoms with E-state index in [1.165, 1.54) is 43.6 Å². The summed E-state index contributed by atoms with van der Waals surface area (Å²) in [5.41, 5.74) is 0.669. The maximum Gasteiger partial charge on any atom is 0.0701 e. The highest BCUT2D eigenvalue weighted by Gasteiger charge is 2.43. The summed E-state index contributed by atoms with van der Waals surface area (Å²) in [6, 6.07) is 0. The van der Waals surface area contributed by atoms with E-state index < -0.39 is 0 Å². The zero-order chi connectivity index (χ0) is 15.3. The minimum Gasteiger partial charge on any atom is -0.375 e. The predicted molar refractivity (Wildman–Crippen MR) is 94.1 cm³/mol. The average molecular weight is 314 g/mol. The second kappa shape index (κ2) is 7.70. The molecule has 2 saturated heterocycles. The fourth-order valence-electron chi connectivity index (χ4n) is 3.79. The third-order valence-corrected chi connectivity index (χ3v) is 6.49. The van der Waals surface area contributed by atoms with Crippen molar-refractivity contribution in [3.8, 4) is 0 Å². The smallest absolute Gasteiger partial charge is 0.0701 e. The van der Waals surface area contributed by atoms with Crippen LogP contribution in [0.15, 0.2) is 0 Å². The van der Waals surface area contributed by atoms with Crippen molar-refractivity contribution in [2.75, 3.05) is 31.2 Å². The topological polar surface area (TPSA) is 21.3 Å². The van der Waals surface area contributed by atoms with Crippen molar-refractivity contribution in [1.29, 1.82) is 0 Å². The highest BCUT2D eigenvalue weighted by atomic mass is 32.2. The molecule has 0 aromatic rings.